The van der Waals surface area contributed by atoms with Gasteiger partial charge in [-0.3, -0.25) is 9.78 Å². The molecule has 1 N–H and O–H groups in total. The molecule has 126 valence electrons. The summed E-state index contributed by atoms with van der Waals surface area (Å²) in [6.45, 7) is 1.93. The lowest BCUT2D eigenvalue weighted by Crippen LogP contribution is -2.22. The molecule has 0 radical (unpaired) electrons. The molecule has 0 saturated carbocycles. The van der Waals surface area contributed by atoms with Crippen LogP contribution < -0.4 is 10.2 Å². The highest BCUT2D eigenvalue weighted by Gasteiger charge is 2.22. The predicted octanol–water partition coefficient (Wildman–Crippen LogP) is 3.04. The molecule has 0 bridgehead atoms. The van der Waals surface area contributed by atoms with Crippen molar-refractivity contribution in [1.82, 2.24) is 4.98 Å². The zero-order chi connectivity index (χ0) is 16.8. The number of ether oxygens (including phenoxy) is 1. The van der Waals surface area contributed by atoms with Crippen LogP contribution in [0.25, 0.3) is 0 Å². The molecular weight excluding hydrogens is 322 g/mol. The Bertz CT molecular complexity index is 664. The lowest BCUT2D eigenvalue weighted by Gasteiger charge is -2.18. The molecule has 1 atom stereocenters. The van der Waals surface area contributed by atoms with E-state index < -0.39 is 0 Å². The Balaban J connectivity index is 1.50. The molecule has 1 aromatic heterocycles. The van der Waals surface area contributed by atoms with Crippen LogP contribution in [0.3, 0.4) is 0 Å². The summed E-state index contributed by atoms with van der Waals surface area (Å²) < 4.78 is 5.40. The average molecular weight is 343 g/mol. The van der Waals surface area contributed by atoms with Crippen LogP contribution in [0.1, 0.15) is 6.42 Å². The molecule has 0 spiro atoms. The number of rotatable bonds is 6. The van der Waals surface area contributed by atoms with E-state index in [4.69, 9.17) is 4.74 Å². The Morgan fingerprint density at radius 1 is 1.29 bits per heavy atom. The van der Waals surface area contributed by atoms with Crippen LogP contribution >= 0.6 is 11.8 Å². The van der Waals surface area contributed by atoms with Crippen molar-refractivity contribution in [1.29, 1.82) is 0 Å². The number of amides is 1. The van der Waals surface area contributed by atoms with Crippen LogP contribution in [0.2, 0.25) is 0 Å². The first kappa shape index (κ1) is 16.8. The van der Waals surface area contributed by atoms with Crippen molar-refractivity contribution >= 4 is 29.0 Å². The van der Waals surface area contributed by atoms with E-state index in [1.807, 2.05) is 36.4 Å². The minimum absolute atomic E-state index is 0.00909. The van der Waals surface area contributed by atoms with Crippen LogP contribution in [-0.2, 0) is 9.53 Å². The van der Waals surface area contributed by atoms with Crippen molar-refractivity contribution in [3.8, 4) is 0 Å². The molecule has 5 nitrogen and oxygen atoms in total. The number of hydrogen-bond acceptors (Lipinski definition) is 5. The normalized spacial score (nSPS) is 17.0. The highest BCUT2D eigenvalue weighted by molar-refractivity contribution is 8.00. The fourth-order valence-corrected chi connectivity index (χ4v) is 3.38. The molecule has 1 amide bonds. The van der Waals surface area contributed by atoms with Gasteiger partial charge in [0.15, 0.2) is 0 Å². The number of carbonyl (C=O) groups is 1. The molecule has 24 heavy (non-hydrogen) atoms. The van der Waals surface area contributed by atoms with Crippen molar-refractivity contribution in [2.45, 2.75) is 17.4 Å². The number of nitrogens with zero attached hydrogens (tertiary/aromatic N) is 2. The maximum absolute atomic E-state index is 12.0. The maximum Gasteiger partial charge on any atom is 0.234 e. The van der Waals surface area contributed by atoms with E-state index in [0.29, 0.717) is 11.9 Å². The van der Waals surface area contributed by atoms with Gasteiger partial charge in [-0.05, 0) is 42.8 Å². The molecular formula is C18H21N3O2S. The van der Waals surface area contributed by atoms with Crippen LogP contribution in [0.5, 0.6) is 0 Å². The van der Waals surface area contributed by atoms with Gasteiger partial charge in [-0.2, -0.15) is 0 Å². The number of nitrogens with one attached hydrogen (secondary N) is 1. The molecule has 2 aromatic rings. The van der Waals surface area contributed by atoms with Crippen molar-refractivity contribution in [3.63, 3.8) is 0 Å². The van der Waals surface area contributed by atoms with Crippen molar-refractivity contribution in [2.24, 2.45) is 0 Å². The molecule has 3 rings (SSSR count). The van der Waals surface area contributed by atoms with E-state index in [-0.39, 0.29) is 5.91 Å². The highest BCUT2D eigenvalue weighted by Crippen LogP contribution is 2.23. The summed E-state index contributed by atoms with van der Waals surface area (Å²) in [6.07, 6.45) is 4.83. The lowest BCUT2D eigenvalue weighted by molar-refractivity contribution is -0.113. The van der Waals surface area contributed by atoms with Gasteiger partial charge in [0.25, 0.3) is 0 Å². The van der Waals surface area contributed by atoms with Gasteiger partial charge in [0, 0.05) is 48.9 Å². The molecule has 2 heterocycles. The number of thioether (sulfide) groups is 1. The minimum atomic E-state index is -0.00909. The summed E-state index contributed by atoms with van der Waals surface area (Å²) in [5.41, 5.74) is 1.99. The van der Waals surface area contributed by atoms with E-state index in [1.165, 1.54) is 17.4 Å². The first-order chi connectivity index (χ1) is 11.7. The number of methoxy groups -OCH3 is 1. The minimum Gasteiger partial charge on any atom is -0.380 e. The number of carbonyl (C=O) groups excluding carboxylic acids is 1. The fraction of sp³-hybridized carbons (Fsp3) is 0.333. The standard InChI is InChI=1S/C18H21N3O2S/c1-23-16-8-11-21(12-16)15-4-2-14(3-5-15)20-18(22)13-24-17-6-9-19-10-7-17/h2-7,9-10,16H,8,11-13H2,1H3,(H,20,22)/t16-/m0/s1. The summed E-state index contributed by atoms with van der Waals surface area (Å²) in [6, 6.07) is 11.8. The number of benzene rings is 1. The monoisotopic (exact) mass is 343 g/mol. The Morgan fingerprint density at radius 2 is 2.04 bits per heavy atom. The zero-order valence-corrected chi connectivity index (χ0v) is 14.5. The topological polar surface area (TPSA) is 54.5 Å². The van der Waals surface area contributed by atoms with Crippen molar-refractivity contribution < 1.29 is 9.53 Å². The number of hydrogen-bond donors (Lipinski definition) is 1. The van der Waals surface area contributed by atoms with Crippen LogP contribution in [0.15, 0.2) is 53.7 Å². The second kappa shape index (κ2) is 8.17. The van der Waals surface area contributed by atoms with Gasteiger partial charge in [0.2, 0.25) is 5.91 Å². The Kier molecular flexibility index (Phi) is 5.72. The molecule has 1 aromatic carbocycles. The molecule has 1 aliphatic rings. The van der Waals surface area contributed by atoms with Crippen molar-refractivity contribution in [2.75, 3.05) is 36.2 Å². The van der Waals surface area contributed by atoms with Gasteiger partial charge < -0.3 is 15.0 Å². The van der Waals surface area contributed by atoms with Gasteiger partial charge in [-0.15, -0.1) is 11.8 Å². The van der Waals surface area contributed by atoms with Crippen molar-refractivity contribution in [3.05, 3.63) is 48.8 Å². The Hall–Kier alpha value is -2.05. The fourth-order valence-electron chi connectivity index (χ4n) is 2.69. The largest absolute Gasteiger partial charge is 0.380 e. The van der Waals surface area contributed by atoms with E-state index in [0.717, 1.165) is 30.1 Å². The number of anilines is 2. The van der Waals surface area contributed by atoms with E-state index in [1.54, 1.807) is 19.5 Å². The first-order valence-electron chi connectivity index (χ1n) is 7.95. The average Bonchev–Trinajstić information content (AvgIpc) is 3.11. The second-order valence-electron chi connectivity index (χ2n) is 5.66. The van der Waals surface area contributed by atoms with E-state index in [2.05, 4.69) is 15.2 Å². The van der Waals surface area contributed by atoms with Gasteiger partial charge in [-0.25, -0.2) is 0 Å². The Morgan fingerprint density at radius 3 is 2.71 bits per heavy atom. The first-order valence-corrected chi connectivity index (χ1v) is 8.93. The molecule has 0 aliphatic carbocycles. The third-order valence-corrected chi connectivity index (χ3v) is 5.03. The van der Waals surface area contributed by atoms with Crippen LogP contribution in [-0.4, -0.2) is 42.9 Å². The van der Waals surface area contributed by atoms with Gasteiger partial charge >= 0.3 is 0 Å². The summed E-state index contributed by atoms with van der Waals surface area (Å²) in [5.74, 6) is 0.373. The summed E-state index contributed by atoms with van der Waals surface area (Å²) in [4.78, 5) is 19.3. The summed E-state index contributed by atoms with van der Waals surface area (Å²) >= 11 is 1.50. The second-order valence-corrected chi connectivity index (χ2v) is 6.71. The third kappa shape index (κ3) is 4.49. The molecule has 0 unspecified atom stereocenters. The molecule has 6 heteroatoms. The smallest absolute Gasteiger partial charge is 0.234 e. The van der Waals surface area contributed by atoms with Crippen LogP contribution in [0.4, 0.5) is 11.4 Å². The van der Waals surface area contributed by atoms with Crippen LogP contribution in [0, 0.1) is 0 Å². The maximum atomic E-state index is 12.0. The number of aromatic nitrogens is 1. The summed E-state index contributed by atoms with van der Waals surface area (Å²) in [7, 11) is 1.76. The van der Waals surface area contributed by atoms with Gasteiger partial charge in [-0.1, -0.05) is 0 Å². The highest BCUT2D eigenvalue weighted by atomic mass is 32.2. The lowest BCUT2D eigenvalue weighted by atomic mass is 10.2. The van der Waals surface area contributed by atoms with E-state index >= 15 is 0 Å². The predicted molar refractivity (Wildman–Crippen MR) is 97.7 cm³/mol. The SMILES string of the molecule is CO[C@H]1CCN(c2ccc(NC(=O)CSc3ccncc3)cc2)C1. The molecule has 1 fully saturated rings. The summed E-state index contributed by atoms with van der Waals surface area (Å²) in [5, 5.41) is 2.93. The van der Waals surface area contributed by atoms with Gasteiger partial charge in [0.05, 0.1) is 11.9 Å². The van der Waals surface area contributed by atoms with Gasteiger partial charge in [0.1, 0.15) is 0 Å². The third-order valence-electron chi connectivity index (χ3n) is 4.01. The van der Waals surface area contributed by atoms with E-state index in [9.17, 15) is 4.79 Å². The molecule has 1 aliphatic heterocycles. The molecule has 1 saturated heterocycles. The Labute approximate surface area is 146 Å². The number of pyridine rings is 1. The zero-order valence-electron chi connectivity index (χ0n) is 13.6. The quantitative estimate of drug-likeness (QED) is 0.817.